The largest absolute Gasteiger partial charge is 0.493 e. The minimum atomic E-state index is -4.41. The molecule has 1 aliphatic heterocycles. The number of alkyl halides is 3. The van der Waals surface area contributed by atoms with Gasteiger partial charge in [-0.25, -0.2) is 0 Å². The van der Waals surface area contributed by atoms with Gasteiger partial charge < -0.3 is 9.84 Å². The van der Waals surface area contributed by atoms with Crippen LogP contribution in [0.1, 0.15) is 23.5 Å². The first-order chi connectivity index (χ1) is 7.88. The van der Waals surface area contributed by atoms with Gasteiger partial charge in [0.15, 0.2) is 0 Å². The van der Waals surface area contributed by atoms with E-state index in [0.717, 1.165) is 12.1 Å². The summed E-state index contributed by atoms with van der Waals surface area (Å²) in [7, 11) is 0. The van der Waals surface area contributed by atoms with Gasteiger partial charge in [-0.05, 0) is 12.1 Å². The maximum absolute atomic E-state index is 12.4. The molecular formula is C11H9F3O3. The van der Waals surface area contributed by atoms with E-state index in [1.165, 1.54) is 6.07 Å². The average Bonchev–Trinajstić information content (AvgIpc) is 2.59. The Morgan fingerprint density at radius 1 is 1.47 bits per heavy atom. The van der Waals surface area contributed by atoms with E-state index in [2.05, 4.69) is 0 Å². The van der Waals surface area contributed by atoms with Gasteiger partial charge in [-0.2, -0.15) is 13.2 Å². The summed E-state index contributed by atoms with van der Waals surface area (Å²) in [6, 6.07) is 3.15. The third-order valence-corrected chi connectivity index (χ3v) is 2.64. The molecule has 1 atom stereocenters. The number of carboxylic acids is 1. The van der Waals surface area contributed by atoms with E-state index in [0.29, 0.717) is 5.56 Å². The van der Waals surface area contributed by atoms with Crippen LogP contribution in [0.4, 0.5) is 13.2 Å². The SMILES string of the molecule is O=C(O)C[C@@H]1COc2cc(C(F)(F)F)ccc21. The van der Waals surface area contributed by atoms with Crippen molar-refractivity contribution < 1.29 is 27.8 Å². The molecule has 6 heteroatoms. The third-order valence-electron chi connectivity index (χ3n) is 2.64. The second-order valence-electron chi connectivity index (χ2n) is 3.86. The highest BCUT2D eigenvalue weighted by atomic mass is 19.4. The van der Waals surface area contributed by atoms with E-state index >= 15 is 0 Å². The first-order valence-electron chi connectivity index (χ1n) is 4.93. The molecule has 0 saturated carbocycles. The summed E-state index contributed by atoms with van der Waals surface area (Å²) in [6.45, 7) is 0.114. The molecule has 0 bridgehead atoms. The number of benzene rings is 1. The van der Waals surface area contributed by atoms with Gasteiger partial charge in [-0.1, -0.05) is 6.07 Å². The number of hydrogen-bond acceptors (Lipinski definition) is 2. The molecule has 0 aliphatic carbocycles. The third kappa shape index (κ3) is 2.35. The van der Waals surface area contributed by atoms with Gasteiger partial charge >= 0.3 is 12.1 Å². The molecule has 0 unspecified atom stereocenters. The van der Waals surface area contributed by atoms with E-state index in [1.54, 1.807) is 0 Å². The zero-order chi connectivity index (χ0) is 12.6. The molecule has 17 heavy (non-hydrogen) atoms. The number of rotatable bonds is 2. The lowest BCUT2D eigenvalue weighted by Gasteiger charge is -2.09. The lowest BCUT2D eigenvalue weighted by atomic mass is 9.97. The van der Waals surface area contributed by atoms with Gasteiger partial charge in [0.1, 0.15) is 5.75 Å². The van der Waals surface area contributed by atoms with Gasteiger partial charge in [-0.15, -0.1) is 0 Å². The Morgan fingerprint density at radius 2 is 2.18 bits per heavy atom. The number of fused-ring (bicyclic) bond motifs is 1. The maximum atomic E-state index is 12.4. The maximum Gasteiger partial charge on any atom is 0.416 e. The van der Waals surface area contributed by atoms with Gasteiger partial charge in [0.2, 0.25) is 0 Å². The van der Waals surface area contributed by atoms with E-state index < -0.39 is 17.7 Å². The van der Waals surface area contributed by atoms with Crippen LogP contribution < -0.4 is 4.74 Å². The molecule has 0 fully saturated rings. The Morgan fingerprint density at radius 3 is 2.76 bits per heavy atom. The Labute approximate surface area is 94.8 Å². The van der Waals surface area contributed by atoms with Gasteiger partial charge in [0.25, 0.3) is 0 Å². The van der Waals surface area contributed by atoms with Crippen LogP contribution in [-0.4, -0.2) is 17.7 Å². The summed E-state index contributed by atoms with van der Waals surface area (Å²) < 4.78 is 42.3. The van der Waals surface area contributed by atoms with Gasteiger partial charge in [0, 0.05) is 11.5 Å². The zero-order valence-corrected chi connectivity index (χ0v) is 8.62. The number of aliphatic carboxylic acids is 1. The van der Waals surface area contributed by atoms with Crippen molar-refractivity contribution >= 4 is 5.97 Å². The quantitative estimate of drug-likeness (QED) is 0.872. The monoisotopic (exact) mass is 246 g/mol. The molecule has 92 valence electrons. The molecule has 1 aromatic rings. The highest BCUT2D eigenvalue weighted by molar-refractivity contribution is 5.68. The fourth-order valence-corrected chi connectivity index (χ4v) is 1.83. The zero-order valence-electron chi connectivity index (χ0n) is 8.62. The number of carboxylic acid groups (broad SMARTS) is 1. The molecule has 0 saturated heterocycles. The molecule has 1 heterocycles. The fraction of sp³-hybridized carbons (Fsp3) is 0.364. The van der Waals surface area contributed by atoms with Crippen molar-refractivity contribution in [3.8, 4) is 5.75 Å². The number of halogens is 3. The summed E-state index contributed by atoms with van der Waals surface area (Å²) in [6.07, 6.45) is -4.55. The highest BCUT2D eigenvalue weighted by Crippen LogP contribution is 2.40. The second-order valence-corrected chi connectivity index (χ2v) is 3.86. The molecule has 0 spiro atoms. The minimum Gasteiger partial charge on any atom is -0.493 e. The normalized spacial score (nSPS) is 18.6. The van der Waals surface area contributed by atoms with Crippen molar-refractivity contribution in [2.75, 3.05) is 6.61 Å². The van der Waals surface area contributed by atoms with Crippen molar-refractivity contribution in [2.45, 2.75) is 18.5 Å². The first kappa shape index (κ1) is 11.8. The Balaban J connectivity index is 2.29. The van der Waals surface area contributed by atoms with Crippen LogP contribution in [0.25, 0.3) is 0 Å². The molecule has 1 aromatic carbocycles. The Kier molecular flexibility index (Phi) is 2.73. The lowest BCUT2D eigenvalue weighted by Crippen LogP contribution is -2.07. The molecule has 3 nitrogen and oxygen atoms in total. The molecule has 1 N–H and O–H groups in total. The van der Waals surface area contributed by atoms with Crippen LogP contribution in [0.3, 0.4) is 0 Å². The fourth-order valence-electron chi connectivity index (χ4n) is 1.83. The van der Waals surface area contributed by atoms with Crippen molar-refractivity contribution in [1.29, 1.82) is 0 Å². The van der Waals surface area contributed by atoms with Crippen molar-refractivity contribution in [1.82, 2.24) is 0 Å². The van der Waals surface area contributed by atoms with Crippen LogP contribution >= 0.6 is 0 Å². The summed E-state index contributed by atoms with van der Waals surface area (Å²) >= 11 is 0. The Bertz CT molecular complexity index is 454. The predicted octanol–water partition coefficient (Wildman–Crippen LogP) is 2.66. The van der Waals surface area contributed by atoms with Crippen LogP contribution in [-0.2, 0) is 11.0 Å². The van der Waals surface area contributed by atoms with Crippen LogP contribution in [0.15, 0.2) is 18.2 Å². The van der Waals surface area contributed by atoms with E-state index in [-0.39, 0.29) is 24.7 Å². The van der Waals surface area contributed by atoms with E-state index in [4.69, 9.17) is 9.84 Å². The minimum absolute atomic E-state index is 0.114. The number of carbonyl (C=O) groups is 1. The van der Waals surface area contributed by atoms with Crippen molar-refractivity contribution in [2.24, 2.45) is 0 Å². The van der Waals surface area contributed by atoms with Crippen molar-refractivity contribution in [3.63, 3.8) is 0 Å². The van der Waals surface area contributed by atoms with E-state index in [1.807, 2.05) is 0 Å². The number of ether oxygens (including phenoxy) is 1. The summed E-state index contributed by atoms with van der Waals surface area (Å²) in [4.78, 5) is 10.6. The first-order valence-corrected chi connectivity index (χ1v) is 4.93. The second kappa shape index (κ2) is 3.94. The predicted molar refractivity (Wildman–Crippen MR) is 51.9 cm³/mol. The molecule has 1 aliphatic rings. The average molecular weight is 246 g/mol. The molecule has 0 radical (unpaired) electrons. The smallest absolute Gasteiger partial charge is 0.416 e. The summed E-state index contributed by atoms with van der Waals surface area (Å²) in [5.74, 6) is -1.23. The molecule has 2 rings (SSSR count). The van der Waals surface area contributed by atoms with Crippen molar-refractivity contribution in [3.05, 3.63) is 29.3 Å². The molecular weight excluding hydrogens is 237 g/mol. The lowest BCUT2D eigenvalue weighted by molar-refractivity contribution is -0.138. The van der Waals surface area contributed by atoms with Crippen LogP contribution in [0.5, 0.6) is 5.75 Å². The van der Waals surface area contributed by atoms with Crippen LogP contribution in [0, 0.1) is 0 Å². The van der Waals surface area contributed by atoms with Crippen LogP contribution in [0.2, 0.25) is 0 Å². The summed E-state index contributed by atoms with van der Waals surface area (Å²) in [5.41, 5.74) is -0.257. The standard InChI is InChI=1S/C11H9F3O3/c12-11(13,14)7-1-2-8-6(3-10(15)16)5-17-9(8)4-7/h1-2,4,6H,3,5H2,(H,15,16)/t6-/m1/s1. The Hall–Kier alpha value is -1.72. The number of hydrogen-bond donors (Lipinski definition) is 1. The highest BCUT2D eigenvalue weighted by Gasteiger charge is 2.34. The summed E-state index contributed by atoms with van der Waals surface area (Å²) in [5, 5.41) is 8.65. The van der Waals surface area contributed by atoms with E-state index in [9.17, 15) is 18.0 Å². The van der Waals surface area contributed by atoms with Gasteiger partial charge in [-0.3, -0.25) is 4.79 Å². The van der Waals surface area contributed by atoms with Gasteiger partial charge in [0.05, 0.1) is 18.6 Å². The molecule has 0 amide bonds. The topological polar surface area (TPSA) is 46.5 Å². The molecule has 0 aromatic heterocycles.